The summed E-state index contributed by atoms with van der Waals surface area (Å²) in [7, 11) is 1.79. The van der Waals surface area contributed by atoms with E-state index in [4.69, 9.17) is 5.73 Å². The molecule has 1 aliphatic rings. The third kappa shape index (κ3) is 3.47. The van der Waals surface area contributed by atoms with Gasteiger partial charge in [0.25, 0.3) is 0 Å². The molecule has 15 heavy (non-hydrogen) atoms. The highest BCUT2D eigenvalue weighted by molar-refractivity contribution is 5.84. The number of primary amides is 1. The number of nitrogens with one attached hydrogen (secondary N) is 1. The van der Waals surface area contributed by atoms with Crippen LogP contribution in [0, 0.1) is 0 Å². The molecule has 1 unspecified atom stereocenters. The maximum Gasteiger partial charge on any atom is 0.237 e. The molecule has 1 rings (SSSR count). The Bertz CT molecular complexity index is 214. The maximum atomic E-state index is 11.3. The number of hydrogen-bond donors (Lipinski definition) is 2. The van der Waals surface area contributed by atoms with Crippen LogP contribution in [0.3, 0.4) is 0 Å². The predicted octanol–water partition coefficient (Wildman–Crippen LogP) is 0.326. The molecule has 0 aromatic heterocycles. The Hall–Kier alpha value is -0.610. The predicted molar refractivity (Wildman–Crippen MR) is 61.6 cm³/mol. The van der Waals surface area contributed by atoms with Crippen LogP contribution in [0.2, 0.25) is 0 Å². The summed E-state index contributed by atoms with van der Waals surface area (Å²) in [4.78, 5) is 13.7. The van der Waals surface area contributed by atoms with E-state index < -0.39 is 5.54 Å². The number of likely N-dealkylation sites (tertiary alicyclic amines) is 1. The third-order valence-corrected chi connectivity index (χ3v) is 3.47. The molecule has 0 aromatic carbocycles. The van der Waals surface area contributed by atoms with Crippen molar-refractivity contribution in [1.29, 1.82) is 0 Å². The van der Waals surface area contributed by atoms with E-state index in [9.17, 15) is 4.79 Å². The number of amides is 1. The molecule has 0 bridgehead atoms. The summed E-state index contributed by atoms with van der Waals surface area (Å²) < 4.78 is 0. The minimum atomic E-state index is -0.558. The molecule has 1 aliphatic heterocycles. The zero-order valence-electron chi connectivity index (χ0n) is 9.88. The van der Waals surface area contributed by atoms with Gasteiger partial charge in [-0.1, -0.05) is 6.42 Å². The molecule has 88 valence electrons. The van der Waals surface area contributed by atoms with Crippen LogP contribution < -0.4 is 11.1 Å². The standard InChI is InChI=1S/C11H23N3O/c1-11(13-2,10(12)15)6-9-14-7-4-3-5-8-14/h13H,3-9H2,1-2H3,(H2,12,15). The zero-order chi connectivity index (χ0) is 11.3. The first-order chi connectivity index (χ1) is 7.08. The number of nitrogens with zero attached hydrogens (tertiary/aromatic N) is 1. The van der Waals surface area contributed by atoms with Crippen LogP contribution in [-0.2, 0) is 4.79 Å². The number of carbonyl (C=O) groups is 1. The third-order valence-electron chi connectivity index (χ3n) is 3.47. The van der Waals surface area contributed by atoms with Crippen LogP contribution in [0.15, 0.2) is 0 Å². The van der Waals surface area contributed by atoms with Gasteiger partial charge in [-0.2, -0.15) is 0 Å². The van der Waals surface area contributed by atoms with Crippen LogP contribution in [0.4, 0.5) is 0 Å². The molecule has 0 aromatic rings. The van der Waals surface area contributed by atoms with Gasteiger partial charge in [0, 0.05) is 6.54 Å². The second kappa shape index (κ2) is 5.47. The van der Waals surface area contributed by atoms with Crippen LogP contribution in [0.1, 0.15) is 32.6 Å². The van der Waals surface area contributed by atoms with Crippen molar-refractivity contribution < 1.29 is 4.79 Å². The van der Waals surface area contributed by atoms with Gasteiger partial charge < -0.3 is 16.0 Å². The maximum absolute atomic E-state index is 11.3. The monoisotopic (exact) mass is 213 g/mol. The van der Waals surface area contributed by atoms with E-state index in [2.05, 4.69) is 10.2 Å². The normalized spacial score (nSPS) is 22.3. The summed E-state index contributed by atoms with van der Waals surface area (Å²) in [5, 5.41) is 3.02. The summed E-state index contributed by atoms with van der Waals surface area (Å²) in [6.07, 6.45) is 4.70. The van der Waals surface area contributed by atoms with Crippen molar-refractivity contribution >= 4 is 5.91 Å². The number of piperidine rings is 1. The molecular formula is C11H23N3O. The SMILES string of the molecule is CNC(C)(CCN1CCCCC1)C(N)=O. The first-order valence-corrected chi connectivity index (χ1v) is 5.80. The quantitative estimate of drug-likeness (QED) is 0.692. The number of carbonyl (C=O) groups excluding carboxylic acids is 1. The van der Waals surface area contributed by atoms with Crippen LogP contribution >= 0.6 is 0 Å². The molecule has 4 heteroatoms. The first kappa shape index (κ1) is 12.5. The Morgan fingerprint density at radius 2 is 2.00 bits per heavy atom. The molecular weight excluding hydrogens is 190 g/mol. The second-order valence-corrected chi connectivity index (χ2v) is 4.60. The van der Waals surface area contributed by atoms with Gasteiger partial charge in [-0.15, -0.1) is 0 Å². The smallest absolute Gasteiger partial charge is 0.237 e. The number of likely N-dealkylation sites (N-methyl/N-ethyl adjacent to an activating group) is 1. The van der Waals surface area contributed by atoms with Crippen molar-refractivity contribution in [2.45, 2.75) is 38.1 Å². The van der Waals surface area contributed by atoms with Gasteiger partial charge in [0.05, 0.1) is 5.54 Å². The Kier molecular flexibility index (Phi) is 4.54. The highest BCUT2D eigenvalue weighted by Gasteiger charge is 2.29. The van der Waals surface area contributed by atoms with E-state index in [1.807, 2.05) is 6.92 Å². The van der Waals surface area contributed by atoms with E-state index in [0.717, 1.165) is 13.0 Å². The minimum absolute atomic E-state index is 0.262. The van der Waals surface area contributed by atoms with Gasteiger partial charge >= 0.3 is 0 Å². The van der Waals surface area contributed by atoms with Crippen LogP contribution in [-0.4, -0.2) is 43.0 Å². The van der Waals surface area contributed by atoms with E-state index in [0.29, 0.717) is 0 Å². The van der Waals surface area contributed by atoms with E-state index in [1.54, 1.807) is 7.05 Å². The fourth-order valence-electron chi connectivity index (χ4n) is 1.94. The summed E-state index contributed by atoms with van der Waals surface area (Å²) in [6.45, 7) is 5.16. The highest BCUT2D eigenvalue weighted by atomic mass is 16.1. The van der Waals surface area contributed by atoms with Gasteiger partial charge in [-0.3, -0.25) is 4.79 Å². The lowest BCUT2D eigenvalue weighted by Gasteiger charge is -2.31. The zero-order valence-corrected chi connectivity index (χ0v) is 9.88. The fourth-order valence-corrected chi connectivity index (χ4v) is 1.94. The summed E-state index contributed by atoms with van der Waals surface area (Å²) in [6, 6.07) is 0. The van der Waals surface area contributed by atoms with E-state index >= 15 is 0 Å². The molecule has 1 atom stereocenters. The van der Waals surface area contributed by atoms with Crippen LogP contribution in [0.25, 0.3) is 0 Å². The molecule has 1 amide bonds. The molecule has 0 saturated carbocycles. The van der Waals surface area contributed by atoms with Crippen molar-refractivity contribution in [2.24, 2.45) is 5.73 Å². The number of rotatable bonds is 5. The van der Waals surface area contributed by atoms with E-state index in [-0.39, 0.29) is 5.91 Å². The van der Waals surface area contributed by atoms with Crippen molar-refractivity contribution in [3.05, 3.63) is 0 Å². The van der Waals surface area contributed by atoms with Crippen LogP contribution in [0.5, 0.6) is 0 Å². The molecule has 3 N–H and O–H groups in total. The Balaban J connectivity index is 2.36. The van der Waals surface area contributed by atoms with E-state index in [1.165, 1.54) is 32.4 Å². The molecule has 0 aliphatic carbocycles. The lowest BCUT2D eigenvalue weighted by atomic mass is 9.96. The topological polar surface area (TPSA) is 58.4 Å². The Morgan fingerprint density at radius 1 is 1.40 bits per heavy atom. The first-order valence-electron chi connectivity index (χ1n) is 5.80. The molecule has 0 radical (unpaired) electrons. The Morgan fingerprint density at radius 3 is 2.47 bits per heavy atom. The number of hydrogen-bond acceptors (Lipinski definition) is 3. The lowest BCUT2D eigenvalue weighted by molar-refractivity contribution is -0.124. The summed E-state index contributed by atoms with van der Waals surface area (Å²) in [5.74, 6) is -0.262. The minimum Gasteiger partial charge on any atom is -0.368 e. The summed E-state index contributed by atoms with van der Waals surface area (Å²) in [5.41, 5.74) is 4.82. The van der Waals surface area contributed by atoms with Gasteiger partial charge in [-0.25, -0.2) is 0 Å². The van der Waals surface area contributed by atoms with Gasteiger partial charge in [0.1, 0.15) is 0 Å². The molecule has 1 heterocycles. The molecule has 1 fully saturated rings. The van der Waals surface area contributed by atoms with Crippen molar-refractivity contribution in [2.75, 3.05) is 26.7 Å². The fraction of sp³-hybridized carbons (Fsp3) is 0.909. The van der Waals surface area contributed by atoms with Gasteiger partial charge in [-0.05, 0) is 46.3 Å². The lowest BCUT2D eigenvalue weighted by Crippen LogP contribution is -2.53. The average molecular weight is 213 g/mol. The molecule has 0 spiro atoms. The van der Waals surface area contributed by atoms with Crippen molar-refractivity contribution in [1.82, 2.24) is 10.2 Å². The van der Waals surface area contributed by atoms with Gasteiger partial charge in [0.15, 0.2) is 0 Å². The highest BCUT2D eigenvalue weighted by Crippen LogP contribution is 2.13. The van der Waals surface area contributed by atoms with Gasteiger partial charge in [0.2, 0.25) is 5.91 Å². The van der Waals surface area contributed by atoms with Crippen molar-refractivity contribution in [3.63, 3.8) is 0 Å². The molecule has 4 nitrogen and oxygen atoms in total. The second-order valence-electron chi connectivity index (χ2n) is 4.60. The number of nitrogens with two attached hydrogens (primary N) is 1. The van der Waals surface area contributed by atoms with Crippen molar-refractivity contribution in [3.8, 4) is 0 Å². The molecule has 1 saturated heterocycles. The summed E-state index contributed by atoms with van der Waals surface area (Å²) >= 11 is 0. The Labute approximate surface area is 92.2 Å². The largest absolute Gasteiger partial charge is 0.368 e. The average Bonchev–Trinajstić information content (AvgIpc) is 2.27.